The van der Waals surface area contributed by atoms with Crippen LogP contribution in [0.4, 0.5) is 18.9 Å². The number of nitrogens with one attached hydrogen (secondary N) is 1. The Labute approximate surface area is 160 Å². The van der Waals surface area contributed by atoms with E-state index < -0.39 is 23.2 Å². The van der Waals surface area contributed by atoms with Crippen molar-refractivity contribution >= 4 is 11.6 Å². The molecule has 2 aromatic rings. The second-order valence-electron chi connectivity index (χ2n) is 7.57. The molecule has 3 atom stereocenters. The summed E-state index contributed by atoms with van der Waals surface area (Å²) in [6, 6.07) is 8.39. The van der Waals surface area contributed by atoms with Gasteiger partial charge in [-0.2, -0.15) is 13.2 Å². The molecule has 1 aromatic carbocycles. The summed E-state index contributed by atoms with van der Waals surface area (Å²) in [6.07, 6.45) is -0.478. The van der Waals surface area contributed by atoms with Gasteiger partial charge in [-0.05, 0) is 49.9 Å². The van der Waals surface area contributed by atoms with Crippen molar-refractivity contribution in [2.75, 3.05) is 11.9 Å². The van der Waals surface area contributed by atoms with Crippen LogP contribution in [0, 0.1) is 0 Å². The van der Waals surface area contributed by atoms with Gasteiger partial charge in [-0.15, -0.1) is 0 Å². The Morgan fingerprint density at radius 1 is 1.18 bits per heavy atom. The van der Waals surface area contributed by atoms with E-state index in [9.17, 15) is 23.1 Å². The van der Waals surface area contributed by atoms with E-state index in [2.05, 4.69) is 5.32 Å². The lowest BCUT2D eigenvalue weighted by Gasteiger charge is -2.42. The summed E-state index contributed by atoms with van der Waals surface area (Å²) >= 11 is 0. The number of halogens is 3. The van der Waals surface area contributed by atoms with Crippen LogP contribution in [-0.2, 0) is 16.6 Å². The Morgan fingerprint density at radius 3 is 2.46 bits per heavy atom. The molecule has 150 valence electrons. The number of fused-ring (bicyclic) bond motifs is 2. The molecule has 1 aromatic heterocycles. The summed E-state index contributed by atoms with van der Waals surface area (Å²) in [4.78, 5) is 14.5. The van der Waals surface area contributed by atoms with E-state index in [1.165, 1.54) is 24.5 Å². The van der Waals surface area contributed by atoms with E-state index >= 15 is 0 Å². The normalized spacial score (nSPS) is 27.7. The minimum Gasteiger partial charge on any atom is -0.466 e. The van der Waals surface area contributed by atoms with Crippen molar-refractivity contribution in [3.8, 4) is 0 Å². The zero-order valence-electron chi connectivity index (χ0n) is 15.1. The zero-order chi connectivity index (χ0) is 19.9. The van der Waals surface area contributed by atoms with Crippen LogP contribution in [0.25, 0.3) is 0 Å². The summed E-state index contributed by atoms with van der Waals surface area (Å²) in [7, 11) is 0. The second-order valence-corrected chi connectivity index (χ2v) is 7.57. The fourth-order valence-corrected chi connectivity index (χ4v) is 4.51. The summed E-state index contributed by atoms with van der Waals surface area (Å²) in [5, 5.41) is 13.4. The maximum Gasteiger partial charge on any atom is 0.418 e. The van der Waals surface area contributed by atoms with Gasteiger partial charge in [-0.25, -0.2) is 0 Å². The summed E-state index contributed by atoms with van der Waals surface area (Å²) in [6.45, 7) is -0.00421. The van der Waals surface area contributed by atoms with Crippen molar-refractivity contribution in [3.63, 3.8) is 0 Å². The maximum atomic E-state index is 13.1. The molecule has 5 nitrogen and oxygen atoms in total. The van der Waals surface area contributed by atoms with Gasteiger partial charge < -0.3 is 14.8 Å². The Balaban J connectivity index is 1.44. The Hall–Kier alpha value is -2.32. The lowest BCUT2D eigenvalue weighted by atomic mass is 9.84. The monoisotopic (exact) mass is 394 g/mol. The number of hydrogen-bond acceptors (Lipinski definition) is 4. The van der Waals surface area contributed by atoms with Crippen molar-refractivity contribution in [1.82, 2.24) is 4.90 Å². The first kappa shape index (κ1) is 19.0. The number of carbonyl (C=O) groups excluding carboxylic acids is 1. The molecule has 28 heavy (non-hydrogen) atoms. The van der Waals surface area contributed by atoms with E-state index in [1.54, 1.807) is 12.1 Å². The van der Waals surface area contributed by atoms with Crippen molar-refractivity contribution in [2.45, 2.75) is 49.5 Å². The van der Waals surface area contributed by atoms with Crippen LogP contribution >= 0.6 is 0 Å². The number of hydrogen-bond donors (Lipinski definition) is 2. The van der Waals surface area contributed by atoms with Crippen LogP contribution in [0.1, 0.15) is 37.0 Å². The molecule has 2 aliphatic rings. The highest BCUT2D eigenvalue weighted by atomic mass is 19.4. The molecule has 8 heteroatoms. The molecule has 2 saturated heterocycles. The average Bonchev–Trinajstić information content (AvgIpc) is 3.24. The minimum absolute atomic E-state index is 0.00421. The number of alkyl halides is 3. The highest BCUT2D eigenvalue weighted by Crippen LogP contribution is 2.45. The van der Waals surface area contributed by atoms with Crippen molar-refractivity contribution in [3.05, 3.63) is 54.0 Å². The fourth-order valence-electron chi connectivity index (χ4n) is 4.51. The molecule has 4 rings (SSSR count). The quantitative estimate of drug-likeness (QED) is 0.829. The Bertz CT molecular complexity index is 837. The van der Waals surface area contributed by atoms with Gasteiger partial charge >= 0.3 is 6.18 Å². The van der Waals surface area contributed by atoms with Crippen LogP contribution in [0.5, 0.6) is 0 Å². The Kier molecular flexibility index (Phi) is 4.71. The first-order valence-electron chi connectivity index (χ1n) is 9.24. The van der Waals surface area contributed by atoms with Crippen LogP contribution in [0.2, 0.25) is 0 Å². The lowest BCUT2D eigenvalue weighted by molar-refractivity contribution is -0.137. The third-order valence-electron chi connectivity index (χ3n) is 5.73. The summed E-state index contributed by atoms with van der Waals surface area (Å²) in [5.41, 5.74) is -2.17. The number of amides is 1. The highest BCUT2D eigenvalue weighted by molar-refractivity contribution is 5.93. The van der Waals surface area contributed by atoms with E-state index in [0.29, 0.717) is 18.6 Å². The molecule has 2 aliphatic heterocycles. The van der Waals surface area contributed by atoms with Gasteiger partial charge in [-0.3, -0.25) is 9.69 Å². The number of carbonyl (C=O) groups is 1. The molecule has 0 saturated carbocycles. The molecular formula is C20H21F3N2O3. The first-order chi connectivity index (χ1) is 13.3. The first-order valence-corrected chi connectivity index (χ1v) is 9.24. The number of furan rings is 1. The molecule has 3 heterocycles. The van der Waals surface area contributed by atoms with E-state index in [-0.39, 0.29) is 24.3 Å². The predicted molar refractivity (Wildman–Crippen MR) is 95.4 cm³/mol. The molecule has 0 aliphatic carbocycles. The fraction of sp³-hybridized carbons (Fsp3) is 0.450. The minimum atomic E-state index is -4.53. The second kappa shape index (κ2) is 6.93. The van der Waals surface area contributed by atoms with Gasteiger partial charge in [0.25, 0.3) is 0 Å². The number of para-hydroxylation sites is 1. The van der Waals surface area contributed by atoms with Crippen molar-refractivity contribution in [2.24, 2.45) is 0 Å². The number of anilines is 1. The van der Waals surface area contributed by atoms with Crippen LogP contribution in [-0.4, -0.2) is 34.5 Å². The topological polar surface area (TPSA) is 65.7 Å². The Morgan fingerprint density at radius 2 is 1.86 bits per heavy atom. The van der Waals surface area contributed by atoms with Gasteiger partial charge in [0, 0.05) is 12.1 Å². The lowest BCUT2D eigenvalue weighted by Crippen LogP contribution is -2.51. The summed E-state index contributed by atoms with van der Waals surface area (Å²) < 4.78 is 44.7. The highest BCUT2D eigenvalue weighted by Gasteiger charge is 2.50. The predicted octanol–water partition coefficient (Wildman–Crippen LogP) is 3.75. The molecular weight excluding hydrogens is 373 g/mol. The summed E-state index contributed by atoms with van der Waals surface area (Å²) in [5.74, 6) is 0.0321. The van der Waals surface area contributed by atoms with E-state index in [4.69, 9.17) is 4.42 Å². The van der Waals surface area contributed by atoms with Gasteiger partial charge in [0.05, 0.1) is 24.1 Å². The maximum absolute atomic E-state index is 13.1. The molecule has 2 fully saturated rings. The van der Waals surface area contributed by atoms with Gasteiger partial charge in [0.15, 0.2) is 0 Å². The van der Waals surface area contributed by atoms with E-state index in [0.717, 1.165) is 18.9 Å². The standard InChI is InChI=1S/C20H21F3N2O3/c21-20(22,23)15-4-1-2-5-16(15)24-18(26)12-25-13-7-8-14(25)11-19(27,10-13)17-6-3-9-28-17/h1-6,9,13-14,27H,7-8,10-12H2,(H,24,26)/t13-,14+,19?. The third kappa shape index (κ3) is 3.54. The molecule has 2 bridgehead atoms. The third-order valence-corrected chi connectivity index (χ3v) is 5.73. The molecule has 0 radical (unpaired) electrons. The van der Waals surface area contributed by atoms with Crippen LogP contribution in [0.15, 0.2) is 47.1 Å². The molecule has 1 amide bonds. The van der Waals surface area contributed by atoms with Gasteiger partial charge in [0.1, 0.15) is 11.4 Å². The van der Waals surface area contributed by atoms with Crippen LogP contribution < -0.4 is 5.32 Å². The van der Waals surface area contributed by atoms with E-state index in [1.807, 2.05) is 4.90 Å². The smallest absolute Gasteiger partial charge is 0.418 e. The zero-order valence-corrected chi connectivity index (χ0v) is 15.1. The molecule has 0 spiro atoms. The molecule has 1 unspecified atom stereocenters. The SMILES string of the molecule is O=C(CN1[C@@H]2CC[C@H]1CC(O)(c1ccco1)C2)Nc1ccccc1C(F)(F)F. The number of nitrogens with zero attached hydrogens (tertiary/aromatic N) is 1. The number of piperidine rings is 1. The van der Waals surface area contributed by atoms with Crippen molar-refractivity contribution < 1.29 is 27.5 Å². The van der Waals surface area contributed by atoms with Gasteiger partial charge in [0.2, 0.25) is 5.91 Å². The molecule has 2 N–H and O–H groups in total. The number of benzene rings is 1. The average molecular weight is 394 g/mol. The van der Waals surface area contributed by atoms with Crippen molar-refractivity contribution in [1.29, 1.82) is 0 Å². The number of aliphatic hydroxyl groups is 1. The largest absolute Gasteiger partial charge is 0.466 e. The van der Waals surface area contributed by atoms with Crippen LogP contribution in [0.3, 0.4) is 0 Å². The number of rotatable bonds is 4. The van der Waals surface area contributed by atoms with Gasteiger partial charge in [-0.1, -0.05) is 12.1 Å².